The molecule has 0 aliphatic heterocycles. The van der Waals surface area contributed by atoms with Crippen LogP contribution in [-0.2, 0) is 5.88 Å². The Balaban J connectivity index is 2.39. The summed E-state index contributed by atoms with van der Waals surface area (Å²) >= 11 is 15.7. The Morgan fingerprint density at radius 3 is 2.75 bits per heavy atom. The molecule has 1 heterocycles. The fourth-order valence-electron chi connectivity index (χ4n) is 2.28. The Morgan fingerprint density at radius 1 is 1.20 bits per heavy atom. The van der Waals surface area contributed by atoms with Crippen molar-refractivity contribution in [1.29, 1.82) is 0 Å². The molecule has 0 unspecified atom stereocenters. The molecule has 0 saturated heterocycles. The third kappa shape index (κ3) is 2.34. The second-order valence-corrected chi connectivity index (χ2v) is 6.18. The van der Waals surface area contributed by atoms with E-state index >= 15 is 0 Å². The van der Waals surface area contributed by atoms with Gasteiger partial charge in [-0.15, -0.1) is 11.6 Å². The van der Waals surface area contributed by atoms with E-state index in [2.05, 4.69) is 25.5 Å². The number of aryl methyl sites for hydroxylation is 1. The summed E-state index contributed by atoms with van der Waals surface area (Å²) in [4.78, 5) is 4.59. The van der Waals surface area contributed by atoms with Crippen molar-refractivity contribution in [2.24, 2.45) is 0 Å². The average molecular weight is 370 g/mol. The average Bonchev–Trinajstić information content (AvgIpc) is 2.79. The number of benzene rings is 2. The summed E-state index contributed by atoms with van der Waals surface area (Å²) in [6, 6.07) is 11.8. The second kappa shape index (κ2) is 5.40. The Hall–Kier alpha value is -1.03. The van der Waals surface area contributed by atoms with Crippen LogP contribution in [-0.4, -0.2) is 9.55 Å². The largest absolute Gasteiger partial charge is 0.295 e. The van der Waals surface area contributed by atoms with Gasteiger partial charge in [-0.1, -0.05) is 33.6 Å². The maximum atomic E-state index is 6.14. The van der Waals surface area contributed by atoms with Crippen molar-refractivity contribution in [1.82, 2.24) is 9.55 Å². The SMILES string of the molecule is Cc1ccc(Cl)cc1-n1c(CCl)nc2ccc(Br)cc21. The summed E-state index contributed by atoms with van der Waals surface area (Å²) in [5, 5.41) is 0.697. The van der Waals surface area contributed by atoms with E-state index in [0.717, 1.165) is 32.6 Å². The van der Waals surface area contributed by atoms with E-state index in [-0.39, 0.29) is 0 Å². The van der Waals surface area contributed by atoms with Crippen molar-refractivity contribution in [3.8, 4) is 5.69 Å². The molecule has 0 amide bonds. The number of fused-ring (bicyclic) bond motifs is 1. The van der Waals surface area contributed by atoms with E-state index in [0.29, 0.717) is 10.9 Å². The molecule has 0 N–H and O–H groups in total. The number of alkyl halides is 1. The zero-order chi connectivity index (χ0) is 14.3. The quantitative estimate of drug-likeness (QED) is 0.546. The summed E-state index contributed by atoms with van der Waals surface area (Å²) in [6.45, 7) is 2.05. The molecule has 20 heavy (non-hydrogen) atoms. The van der Waals surface area contributed by atoms with Crippen molar-refractivity contribution < 1.29 is 0 Å². The number of rotatable bonds is 2. The van der Waals surface area contributed by atoms with E-state index in [9.17, 15) is 0 Å². The van der Waals surface area contributed by atoms with Gasteiger partial charge in [-0.2, -0.15) is 0 Å². The van der Waals surface area contributed by atoms with Crippen LogP contribution in [0.4, 0.5) is 0 Å². The van der Waals surface area contributed by atoms with Crippen molar-refractivity contribution in [2.75, 3.05) is 0 Å². The first-order valence-electron chi connectivity index (χ1n) is 6.09. The molecule has 2 aromatic carbocycles. The summed E-state index contributed by atoms with van der Waals surface area (Å²) in [7, 11) is 0. The molecule has 0 saturated carbocycles. The van der Waals surface area contributed by atoms with E-state index in [1.165, 1.54) is 0 Å². The van der Waals surface area contributed by atoms with Crippen LogP contribution in [0.5, 0.6) is 0 Å². The van der Waals surface area contributed by atoms with E-state index < -0.39 is 0 Å². The van der Waals surface area contributed by atoms with Crippen LogP contribution in [0.15, 0.2) is 40.9 Å². The Kier molecular flexibility index (Phi) is 3.76. The minimum atomic E-state index is 0.345. The lowest BCUT2D eigenvalue weighted by molar-refractivity contribution is 0.972. The predicted molar refractivity (Wildman–Crippen MR) is 88.1 cm³/mol. The Labute approximate surface area is 135 Å². The fourth-order valence-corrected chi connectivity index (χ4v) is 2.97. The van der Waals surface area contributed by atoms with Crippen molar-refractivity contribution in [2.45, 2.75) is 12.8 Å². The molecule has 3 rings (SSSR count). The molecule has 0 spiro atoms. The van der Waals surface area contributed by atoms with Crippen LogP contribution >= 0.6 is 39.1 Å². The number of nitrogens with zero attached hydrogens (tertiary/aromatic N) is 2. The van der Waals surface area contributed by atoms with Gasteiger partial charge in [0.2, 0.25) is 0 Å². The molecule has 0 radical (unpaired) electrons. The number of hydrogen-bond acceptors (Lipinski definition) is 1. The van der Waals surface area contributed by atoms with Crippen LogP contribution < -0.4 is 0 Å². The minimum Gasteiger partial charge on any atom is -0.295 e. The monoisotopic (exact) mass is 368 g/mol. The highest BCUT2D eigenvalue weighted by molar-refractivity contribution is 9.10. The first kappa shape index (κ1) is 13.9. The third-order valence-corrected chi connectivity index (χ3v) is 4.18. The fraction of sp³-hybridized carbons (Fsp3) is 0.133. The lowest BCUT2D eigenvalue weighted by atomic mass is 10.2. The van der Waals surface area contributed by atoms with Crippen LogP contribution in [0.25, 0.3) is 16.7 Å². The zero-order valence-electron chi connectivity index (χ0n) is 10.7. The Bertz CT molecular complexity index is 796. The van der Waals surface area contributed by atoms with E-state index in [1.807, 2.05) is 43.3 Å². The van der Waals surface area contributed by atoms with Crippen molar-refractivity contribution in [3.05, 3.63) is 57.3 Å². The van der Waals surface area contributed by atoms with Crippen molar-refractivity contribution in [3.63, 3.8) is 0 Å². The van der Waals surface area contributed by atoms with Gasteiger partial charge < -0.3 is 0 Å². The minimum absolute atomic E-state index is 0.345. The topological polar surface area (TPSA) is 17.8 Å². The van der Waals surface area contributed by atoms with Gasteiger partial charge in [0, 0.05) is 9.50 Å². The highest BCUT2D eigenvalue weighted by Gasteiger charge is 2.14. The number of imidazole rings is 1. The second-order valence-electron chi connectivity index (χ2n) is 4.56. The molecule has 102 valence electrons. The maximum Gasteiger partial charge on any atom is 0.129 e. The van der Waals surface area contributed by atoms with Gasteiger partial charge in [-0.25, -0.2) is 4.98 Å². The lowest BCUT2D eigenvalue weighted by Crippen LogP contribution is -2.01. The van der Waals surface area contributed by atoms with Gasteiger partial charge in [-0.3, -0.25) is 4.57 Å². The summed E-state index contributed by atoms with van der Waals surface area (Å²) in [5.74, 6) is 1.16. The molecular weight excluding hydrogens is 359 g/mol. The molecular formula is C15H11BrCl2N2. The van der Waals surface area contributed by atoms with Gasteiger partial charge in [0.1, 0.15) is 5.82 Å². The predicted octanol–water partition coefficient (Wildman–Crippen LogP) is 5.49. The van der Waals surface area contributed by atoms with Gasteiger partial charge in [0.05, 0.1) is 22.6 Å². The van der Waals surface area contributed by atoms with Crippen LogP contribution in [0.1, 0.15) is 11.4 Å². The zero-order valence-corrected chi connectivity index (χ0v) is 13.8. The lowest BCUT2D eigenvalue weighted by Gasteiger charge is -2.11. The van der Waals surface area contributed by atoms with Gasteiger partial charge in [0.15, 0.2) is 0 Å². The molecule has 2 nitrogen and oxygen atoms in total. The molecule has 5 heteroatoms. The van der Waals surface area contributed by atoms with Gasteiger partial charge in [-0.05, 0) is 42.8 Å². The standard InChI is InChI=1S/C15H11BrCl2N2/c1-9-2-4-11(18)7-13(9)20-14-6-10(16)3-5-12(14)19-15(20)8-17/h2-7H,8H2,1H3. The summed E-state index contributed by atoms with van der Waals surface area (Å²) in [5.41, 5.74) is 4.07. The molecule has 0 bridgehead atoms. The number of hydrogen-bond donors (Lipinski definition) is 0. The summed E-state index contributed by atoms with van der Waals surface area (Å²) < 4.78 is 3.07. The molecule has 3 aromatic rings. The molecule has 0 aliphatic rings. The molecule has 0 fully saturated rings. The highest BCUT2D eigenvalue weighted by atomic mass is 79.9. The van der Waals surface area contributed by atoms with E-state index in [4.69, 9.17) is 23.2 Å². The maximum absolute atomic E-state index is 6.14. The highest BCUT2D eigenvalue weighted by Crippen LogP contribution is 2.28. The number of halogens is 3. The van der Waals surface area contributed by atoms with Crippen LogP contribution in [0.3, 0.4) is 0 Å². The Morgan fingerprint density at radius 2 is 2.00 bits per heavy atom. The first-order valence-corrected chi connectivity index (χ1v) is 7.80. The number of aromatic nitrogens is 2. The third-order valence-electron chi connectivity index (χ3n) is 3.22. The molecule has 0 atom stereocenters. The molecule has 1 aromatic heterocycles. The molecule has 0 aliphatic carbocycles. The summed E-state index contributed by atoms with van der Waals surface area (Å²) in [6.07, 6.45) is 0. The van der Waals surface area contributed by atoms with E-state index in [1.54, 1.807) is 0 Å². The normalized spacial score (nSPS) is 11.2. The first-order chi connectivity index (χ1) is 9.60. The van der Waals surface area contributed by atoms with Crippen molar-refractivity contribution >= 4 is 50.2 Å². The van der Waals surface area contributed by atoms with Gasteiger partial charge >= 0.3 is 0 Å². The van der Waals surface area contributed by atoms with Crippen LogP contribution in [0, 0.1) is 6.92 Å². The smallest absolute Gasteiger partial charge is 0.129 e. The van der Waals surface area contributed by atoms with Gasteiger partial charge in [0.25, 0.3) is 0 Å². The van der Waals surface area contributed by atoms with Crippen LogP contribution in [0.2, 0.25) is 5.02 Å².